The predicted molar refractivity (Wildman–Crippen MR) is 99.3 cm³/mol. The lowest BCUT2D eigenvalue weighted by atomic mass is 10.1. The maximum Gasteiger partial charge on any atom is 0.135 e. The Hall–Kier alpha value is -2.85. The van der Waals surface area contributed by atoms with Crippen LogP contribution in [-0.4, -0.2) is 10.8 Å². The Morgan fingerprint density at radius 3 is 2.71 bits per heavy atom. The minimum Gasteiger partial charge on any atom is -0.353 e. The normalized spacial score (nSPS) is 14.1. The minimum atomic E-state index is 0.556. The molecule has 5 heteroatoms. The van der Waals surface area contributed by atoms with Crippen molar-refractivity contribution < 1.29 is 0 Å². The van der Waals surface area contributed by atoms with Gasteiger partial charge in [-0.05, 0) is 42.0 Å². The summed E-state index contributed by atoms with van der Waals surface area (Å²) in [5.41, 5.74) is 4.97. The number of nitrogens with one attached hydrogen (secondary N) is 2. The van der Waals surface area contributed by atoms with Crippen molar-refractivity contribution in [2.45, 2.75) is 6.54 Å². The molecule has 118 valence electrons. The molecule has 2 aromatic carbocycles. The smallest absolute Gasteiger partial charge is 0.135 e. The quantitative estimate of drug-likeness (QED) is 0.704. The van der Waals surface area contributed by atoms with Crippen molar-refractivity contribution in [3.05, 3.63) is 83.1 Å². The summed E-state index contributed by atoms with van der Waals surface area (Å²) in [6, 6.07) is 17.8. The second-order valence-corrected chi connectivity index (χ2v) is 5.95. The zero-order valence-corrected chi connectivity index (χ0v) is 13.6. The molecule has 0 atom stereocenters. The van der Waals surface area contributed by atoms with E-state index in [0.29, 0.717) is 11.6 Å². The summed E-state index contributed by atoms with van der Waals surface area (Å²) in [6.07, 6.45) is 3.59. The van der Waals surface area contributed by atoms with Crippen LogP contribution in [0.3, 0.4) is 0 Å². The summed E-state index contributed by atoms with van der Waals surface area (Å²) < 4.78 is 0. The number of nitrogens with zero attached hydrogens (tertiary/aromatic N) is 2. The Morgan fingerprint density at radius 2 is 1.83 bits per heavy atom. The second-order valence-electron chi connectivity index (χ2n) is 5.51. The maximum absolute atomic E-state index is 6.15. The van der Waals surface area contributed by atoms with Crippen molar-refractivity contribution >= 4 is 34.5 Å². The molecule has 0 radical (unpaired) electrons. The molecule has 2 N–H and O–H groups in total. The zero-order valence-electron chi connectivity index (χ0n) is 12.8. The van der Waals surface area contributed by atoms with Gasteiger partial charge in [-0.3, -0.25) is 9.98 Å². The third kappa shape index (κ3) is 2.96. The molecule has 4 rings (SSSR count). The molecule has 0 saturated heterocycles. The highest BCUT2D eigenvalue weighted by atomic mass is 35.5. The predicted octanol–water partition coefficient (Wildman–Crippen LogP) is 4.85. The molecular weight excluding hydrogens is 320 g/mol. The molecule has 4 nitrogen and oxygen atoms in total. The number of halogens is 1. The summed E-state index contributed by atoms with van der Waals surface area (Å²) in [7, 11) is 0. The van der Waals surface area contributed by atoms with Gasteiger partial charge in [-0.15, -0.1) is 0 Å². The number of fused-ring (bicyclic) bond motifs is 2. The fourth-order valence-electron chi connectivity index (χ4n) is 2.65. The van der Waals surface area contributed by atoms with E-state index in [-0.39, 0.29) is 0 Å². The first-order valence-corrected chi connectivity index (χ1v) is 8.04. The molecule has 2 heterocycles. The number of aliphatic imine (C=N–C) groups is 1. The number of hydrogen-bond acceptors (Lipinski definition) is 3. The van der Waals surface area contributed by atoms with E-state index >= 15 is 0 Å². The Morgan fingerprint density at radius 1 is 0.917 bits per heavy atom. The second kappa shape index (κ2) is 6.34. The molecule has 1 aliphatic rings. The van der Waals surface area contributed by atoms with Crippen LogP contribution in [0.1, 0.15) is 11.1 Å². The van der Waals surface area contributed by atoms with Gasteiger partial charge in [-0.1, -0.05) is 29.8 Å². The fraction of sp³-hybridized carbons (Fsp3) is 0.0526. The van der Waals surface area contributed by atoms with Gasteiger partial charge in [0, 0.05) is 28.7 Å². The molecule has 1 aliphatic heterocycles. The minimum absolute atomic E-state index is 0.556. The summed E-state index contributed by atoms with van der Waals surface area (Å²) in [5.74, 6) is 0.808. The number of aromatic nitrogens is 1. The van der Waals surface area contributed by atoms with Crippen LogP contribution in [0.4, 0.5) is 17.1 Å². The molecule has 24 heavy (non-hydrogen) atoms. The number of hydrogen-bond donors (Lipinski definition) is 2. The first-order chi connectivity index (χ1) is 11.8. The van der Waals surface area contributed by atoms with E-state index in [1.165, 1.54) is 0 Å². The van der Waals surface area contributed by atoms with Crippen molar-refractivity contribution in [1.82, 2.24) is 4.98 Å². The highest BCUT2D eigenvalue weighted by Crippen LogP contribution is 2.33. The van der Waals surface area contributed by atoms with Gasteiger partial charge in [-0.2, -0.15) is 0 Å². The average molecular weight is 335 g/mol. The van der Waals surface area contributed by atoms with E-state index in [9.17, 15) is 0 Å². The van der Waals surface area contributed by atoms with Gasteiger partial charge in [0.1, 0.15) is 5.84 Å². The van der Waals surface area contributed by atoms with Crippen LogP contribution in [0, 0.1) is 0 Å². The van der Waals surface area contributed by atoms with Gasteiger partial charge in [0.05, 0.1) is 17.9 Å². The maximum atomic E-state index is 6.15. The van der Waals surface area contributed by atoms with E-state index < -0.39 is 0 Å². The van der Waals surface area contributed by atoms with Gasteiger partial charge in [-0.25, -0.2) is 0 Å². The van der Waals surface area contributed by atoms with Crippen LogP contribution in [0.5, 0.6) is 0 Å². The molecule has 0 saturated carbocycles. The highest BCUT2D eigenvalue weighted by Gasteiger charge is 2.17. The van der Waals surface area contributed by atoms with Crippen LogP contribution in [0.15, 0.2) is 72.0 Å². The van der Waals surface area contributed by atoms with Crippen molar-refractivity contribution in [2.24, 2.45) is 4.99 Å². The van der Waals surface area contributed by atoms with Crippen molar-refractivity contribution in [3.8, 4) is 0 Å². The van der Waals surface area contributed by atoms with E-state index in [2.05, 4.69) is 15.6 Å². The van der Waals surface area contributed by atoms with Gasteiger partial charge < -0.3 is 10.6 Å². The highest BCUT2D eigenvalue weighted by molar-refractivity contribution is 6.31. The van der Waals surface area contributed by atoms with Crippen LogP contribution >= 0.6 is 11.6 Å². The summed E-state index contributed by atoms with van der Waals surface area (Å²) >= 11 is 6.15. The number of benzene rings is 2. The monoisotopic (exact) mass is 334 g/mol. The topological polar surface area (TPSA) is 49.3 Å². The number of pyridine rings is 1. The van der Waals surface area contributed by atoms with Gasteiger partial charge in [0.15, 0.2) is 0 Å². The van der Waals surface area contributed by atoms with Gasteiger partial charge in [0.25, 0.3) is 0 Å². The lowest BCUT2D eigenvalue weighted by Gasteiger charge is -2.10. The van der Waals surface area contributed by atoms with Crippen LogP contribution in [0.2, 0.25) is 5.02 Å². The standard InChI is InChI=1S/C19H15ClN4/c20-14-7-8-17-18(10-14)24-19(15-5-1-2-6-16(15)23-17)22-12-13-4-3-9-21-11-13/h1-11,23H,12H2,(H,22,24). The van der Waals surface area contributed by atoms with E-state index in [0.717, 1.165) is 34.0 Å². The summed E-state index contributed by atoms with van der Waals surface area (Å²) in [5, 5.41) is 7.53. The largest absolute Gasteiger partial charge is 0.353 e. The third-order valence-electron chi connectivity index (χ3n) is 3.83. The molecule has 1 aromatic heterocycles. The van der Waals surface area contributed by atoms with Crippen molar-refractivity contribution in [1.29, 1.82) is 0 Å². The van der Waals surface area contributed by atoms with Crippen molar-refractivity contribution in [2.75, 3.05) is 10.6 Å². The number of anilines is 3. The molecule has 3 aromatic rings. The van der Waals surface area contributed by atoms with E-state index in [1.54, 1.807) is 6.20 Å². The Labute approximate surface area is 145 Å². The summed E-state index contributed by atoms with van der Waals surface area (Å²) in [6.45, 7) is 0.556. The number of para-hydroxylation sites is 1. The third-order valence-corrected chi connectivity index (χ3v) is 4.06. The molecule has 0 spiro atoms. The van der Waals surface area contributed by atoms with Crippen LogP contribution in [0.25, 0.3) is 0 Å². The van der Waals surface area contributed by atoms with E-state index in [4.69, 9.17) is 16.6 Å². The number of amidine groups is 1. The molecule has 0 aliphatic carbocycles. The van der Waals surface area contributed by atoms with Gasteiger partial charge in [0.2, 0.25) is 0 Å². The SMILES string of the molecule is Clc1ccc2c(c1)NC(=NCc1cccnc1)c1ccccc1N2. The molecule has 0 unspecified atom stereocenters. The Bertz CT molecular complexity index is 906. The Kier molecular flexibility index (Phi) is 3.89. The Balaban J connectivity index is 1.77. The zero-order chi connectivity index (χ0) is 16.4. The first kappa shape index (κ1) is 14.7. The number of rotatable bonds is 2. The van der Waals surface area contributed by atoms with Gasteiger partial charge >= 0.3 is 0 Å². The lowest BCUT2D eigenvalue weighted by Crippen LogP contribution is -2.13. The molecule has 0 bridgehead atoms. The fourth-order valence-corrected chi connectivity index (χ4v) is 2.83. The molecular formula is C19H15ClN4. The molecule has 0 amide bonds. The van der Waals surface area contributed by atoms with Crippen LogP contribution < -0.4 is 10.6 Å². The van der Waals surface area contributed by atoms with Crippen LogP contribution in [-0.2, 0) is 6.54 Å². The van der Waals surface area contributed by atoms with E-state index in [1.807, 2.05) is 60.8 Å². The lowest BCUT2D eigenvalue weighted by molar-refractivity contribution is 1.04. The molecule has 0 fully saturated rings. The average Bonchev–Trinajstić information content (AvgIpc) is 2.77. The van der Waals surface area contributed by atoms with Crippen molar-refractivity contribution in [3.63, 3.8) is 0 Å². The summed E-state index contributed by atoms with van der Waals surface area (Å²) in [4.78, 5) is 8.91. The first-order valence-electron chi connectivity index (χ1n) is 7.66.